The molecule has 2 saturated heterocycles. The molecule has 4 aromatic rings. The van der Waals surface area contributed by atoms with E-state index >= 15 is 0 Å². The lowest BCUT2D eigenvalue weighted by Gasteiger charge is -2.41. The minimum atomic E-state index is -1.35. The number of rotatable bonds is 6. The predicted molar refractivity (Wildman–Crippen MR) is 143 cm³/mol. The number of aromatic nitrogens is 6. The van der Waals surface area contributed by atoms with Crippen LogP contribution in [0.15, 0.2) is 24.3 Å². The van der Waals surface area contributed by atoms with E-state index in [9.17, 15) is 9.90 Å². The Hall–Kier alpha value is -3.57. The number of hydrogen-bond donors (Lipinski definition) is 1. The highest BCUT2D eigenvalue weighted by Crippen LogP contribution is 2.30. The fourth-order valence-corrected chi connectivity index (χ4v) is 5.40. The van der Waals surface area contributed by atoms with Gasteiger partial charge in [0.05, 0.1) is 24.2 Å². The zero-order valence-corrected chi connectivity index (χ0v) is 22.4. The molecular formula is C27H34N8O3. The third-order valence-corrected chi connectivity index (χ3v) is 7.48. The highest BCUT2D eigenvalue weighted by molar-refractivity contribution is 5.86. The first-order valence-corrected chi connectivity index (χ1v) is 13.3. The van der Waals surface area contributed by atoms with Crippen LogP contribution in [0.1, 0.15) is 32.4 Å². The van der Waals surface area contributed by atoms with Crippen molar-refractivity contribution in [2.75, 3.05) is 44.3 Å². The number of nitrogens with zero attached hydrogens (tertiary/aromatic N) is 8. The Morgan fingerprint density at radius 3 is 2.53 bits per heavy atom. The van der Waals surface area contributed by atoms with Gasteiger partial charge in [0.15, 0.2) is 17.0 Å². The molecule has 38 heavy (non-hydrogen) atoms. The number of benzene rings is 1. The van der Waals surface area contributed by atoms with Gasteiger partial charge in [-0.2, -0.15) is 9.97 Å². The van der Waals surface area contributed by atoms with E-state index in [0.717, 1.165) is 59.2 Å². The van der Waals surface area contributed by atoms with Crippen LogP contribution in [-0.4, -0.2) is 90.0 Å². The number of likely N-dealkylation sites (tertiary alicyclic amines) is 1. The smallest absolute Gasteiger partial charge is 0.253 e. The van der Waals surface area contributed by atoms with E-state index in [-0.39, 0.29) is 11.8 Å². The molecule has 0 spiro atoms. The standard InChI is InChI=1S/C27H34N8O3/c1-5-20-28-18-8-6-7-9-19(18)35(20)26-30-23-22(24(31-26)33-10-12-38-13-11-33)29-21(32(23)4)14-17-15-34(16-17)25(36)27(2,3)37/h6-9,17,37H,5,10-16H2,1-4H3. The molecule has 5 heterocycles. The maximum atomic E-state index is 12.4. The first-order valence-electron chi connectivity index (χ1n) is 13.3. The third-order valence-electron chi connectivity index (χ3n) is 7.48. The molecule has 0 atom stereocenters. The summed E-state index contributed by atoms with van der Waals surface area (Å²) in [5.41, 5.74) is 2.10. The van der Waals surface area contributed by atoms with E-state index in [4.69, 9.17) is 24.7 Å². The van der Waals surface area contributed by atoms with Crippen LogP contribution in [0.4, 0.5) is 5.82 Å². The second-order valence-electron chi connectivity index (χ2n) is 10.8. The van der Waals surface area contributed by atoms with Crippen molar-refractivity contribution in [3.05, 3.63) is 35.9 Å². The molecule has 1 N–H and O–H groups in total. The van der Waals surface area contributed by atoms with Gasteiger partial charge in [0, 0.05) is 52.0 Å². The summed E-state index contributed by atoms with van der Waals surface area (Å²) in [5, 5.41) is 10.1. The summed E-state index contributed by atoms with van der Waals surface area (Å²) in [7, 11) is 2.00. The molecule has 0 saturated carbocycles. The minimum Gasteiger partial charge on any atom is -0.381 e. The summed E-state index contributed by atoms with van der Waals surface area (Å²) < 4.78 is 9.72. The highest BCUT2D eigenvalue weighted by atomic mass is 16.5. The number of hydrogen-bond acceptors (Lipinski definition) is 8. The largest absolute Gasteiger partial charge is 0.381 e. The number of morpholine rings is 1. The van der Waals surface area contributed by atoms with Crippen LogP contribution < -0.4 is 4.90 Å². The Labute approximate surface area is 221 Å². The van der Waals surface area contributed by atoms with Gasteiger partial charge in [-0.1, -0.05) is 19.1 Å². The van der Waals surface area contributed by atoms with E-state index in [0.29, 0.717) is 38.7 Å². The first kappa shape index (κ1) is 24.7. The molecule has 6 rings (SSSR count). The van der Waals surface area contributed by atoms with Gasteiger partial charge < -0.3 is 24.2 Å². The lowest BCUT2D eigenvalue weighted by molar-refractivity contribution is -0.154. The number of ether oxygens (including phenoxy) is 1. The van der Waals surface area contributed by atoms with Crippen molar-refractivity contribution in [1.29, 1.82) is 0 Å². The van der Waals surface area contributed by atoms with E-state index in [2.05, 4.69) is 27.0 Å². The molecule has 0 radical (unpaired) electrons. The summed E-state index contributed by atoms with van der Waals surface area (Å²) in [6.07, 6.45) is 1.47. The van der Waals surface area contributed by atoms with Crippen LogP contribution in [0.25, 0.3) is 28.1 Å². The van der Waals surface area contributed by atoms with Gasteiger partial charge >= 0.3 is 0 Å². The van der Waals surface area contributed by atoms with Crippen LogP contribution in [0.2, 0.25) is 0 Å². The second kappa shape index (κ2) is 9.32. The van der Waals surface area contributed by atoms with Crippen molar-refractivity contribution in [3.63, 3.8) is 0 Å². The maximum Gasteiger partial charge on any atom is 0.253 e. The summed E-state index contributed by atoms with van der Waals surface area (Å²) in [5.74, 6) is 3.26. The molecule has 2 fully saturated rings. The van der Waals surface area contributed by atoms with Crippen molar-refractivity contribution in [1.82, 2.24) is 34.0 Å². The fraction of sp³-hybridized carbons (Fsp3) is 0.519. The number of para-hydroxylation sites is 2. The Morgan fingerprint density at radius 1 is 1.08 bits per heavy atom. The quantitative estimate of drug-likeness (QED) is 0.412. The average molecular weight is 519 g/mol. The topological polar surface area (TPSA) is 114 Å². The molecule has 0 bridgehead atoms. The van der Waals surface area contributed by atoms with Gasteiger partial charge in [-0.3, -0.25) is 9.36 Å². The summed E-state index contributed by atoms with van der Waals surface area (Å²) in [6.45, 7) is 9.13. The Bertz CT molecular complexity index is 1510. The Kier molecular flexibility index (Phi) is 6.07. The van der Waals surface area contributed by atoms with Crippen molar-refractivity contribution in [2.24, 2.45) is 13.0 Å². The van der Waals surface area contributed by atoms with Crippen molar-refractivity contribution >= 4 is 33.9 Å². The summed E-state index contributed by atoms with van der Waals surface area (Å²) >= 11 is 0. The summed E-state index contributed by atoms with van der Waals surface area (Å²) in [4.78, 5) is 36.3. The van der Waals surface area contributed by atoms with Crippen LogP contribution in [0.5, 0.6) is 0 Å². The zero-order valence-electron chi connectivity index (χ0n) is 22.4. The van der Waals surface area contributed by atoms with Gasteiger partial charge in [-0.25, -0.2) is 9.97 Å². The molecule has 0 aliphatic carbocycles. The van der Waals surface area contributed by atoms with E-state index in [1.807, 2.05) is 25.2 Å². The van der Waals surface area contributed by atoms with Crippen molar-refractivity contribution in [2.45, 2.75) is 39.2 Å². The monoisotopic (exact) mass is 518 g/mol. The SMILES string of the molecule is CCc1nc2ccccc2n1-c1nc(N2CCOCC2)c2nc(CC3CN(C(=O)C(C)(C)O)C3)n(C)c2n1. The molecule has 2 aliphatic rings. The van der Waals surface area contributed by atoms with Gasteiger partial charge in [0.1, 0.15) is 17.2 Å². The molecule has 0 unspecified atom stereocenters. The normalized spacial score (nSPS) is 17.0. The Balaban J connectivity index is 1.41. The van der Waals surface area contributed by atoms with E-state index < -0.39 is 5.60 Å². The van der Waals surface area contributed by atoms with Crippen LogP contribution in [-0.2, 0) is 29.4 Å². The third kappa shape index (κ3) is 4.19. The number of imidazole rings is 2. The van der Waals surface area contributed by atoms with Gasteiger partial charge in [0.2, 0.25) is 5.95 Å². The molecule has 3 aromatic heterocycles. The Morgan fingerprint density at radius 2 is 1.82 bits per heavy atom. The van der Waals surface area contributed by atoms with Gasteiger partial charge in [-0.15, -0.1) is 0 Å². The number of fused-ring (bicyclic) bond motifs is 2. The molecular weight excluding hydrogens is 484 g/mol. The molecule has 11 nitrogen and oxygen atoms in total. The zero-order chi connectivity index (χ0) is 26.6. The summed E-state index contributed by atoms with van der Waals surface area (Å²) in [6, 6.07) is 8.06. The lowest BCUT2D eigenvalue weighted by Crippen LogP contribution is -2.56. The fourth-order valence-electron chi connectivity index (χ4n) is 5.40. The van der Waals surface area contributed by atoms with Crippen LogP contribution in [0.3, 0.4) is 0 Å². The van der Waals surface area contributed by atoms with E-state index in [1.54, 1.807) is 4.90 Å². The second-order valence-corrected chi connectivity index (χ2v) is 10.8. The predicted octanol–water partition coefficient (Wildman–Crippen LogP) is 1.87. The molecule has 200 valence electrons. The molecule has 2 aliphatic heterocycles. The number of aliphatic hydroxyl groups is 1. The lowest BCUT2D eigenvalue weighted by atomic mass is 9.93. The number of carbonyl (C=O) groups excluding carboxylic acids is 1. The van der Waals surface area contributed by atoms with Gasteiger partial charge in [-0.05, 0) is 26.0 Å². The van der Waals surface area contributed by atoms with Crippen LogP contribution in [0, 0.1) is 5.92 Å². The van der Waals surface area contributed by atoms with Gasteiger partial charge in [0.25, 0.3) is 5.91 Å². The number of aryl methyl sites for hydroxylation is 2. The molecule has 1 amide bonds. The number of carbonyl (C=O) groups is 1. The van der Waals surface area contributed by atoms with Crippen molar-refractivity contribution < 1.29 is 14.6 Å². The van der Waals surface area contributed by atoms with E-state index in [1.165, 1.54) is 13.8 Å². The minimum absolute atomic E-state index is 0.233. The molecule has 11 heteroatoms. The molecule has 1 aromatic carbocycles. The maximum absolute atomic E-state index is 12.4. The van der Waals surface area contributed by atoms with Crippen molar-refractivity contribution in [3.8, 4) is 5.95 Å². The number of anilines is 1. The number of amides is 1. The highest BCUT2D eigenvalue weighted by Gasteiger charge is 2.38. The average Bonchev–Trinajstić information content (AvgIpc) is 3.42. The van der Waals surface area contributed by atoms with Crippen LogP contribution >= 0.6 is 0 Å². The first-order chi connectivity index (χ1) is 18.2.